The summed E-state index contributed by atoms with van der Waals surface area (Å²) in [5.41, 5.74) is 7.45. The predicted octanol–water partition coefficient (Wildman–Crippen LogP) is 2.03. The molecular formula is C13H20N4O. The summed E-state index contributed by atoms with van der Waals surface area (Å²) in [7, 11) is 1.65. The molecule has 1 fully saturated rings. The third-order valence-corrected chi connectivity index (χ3v) is 3.63. The minimum absolute atomic E-state index is 0.402. The van der Waals surface area contributed by atoms with Crippen LogP contribution >= 0.6 is 0 Å². The molecule has 5 heteroatoms. The summed E-state index contributed by atoms with van der Waals surface area (Å²) < 4.78 is 6.73. The number of nitrogen functional groups attached to an aromatic ring is 1. The summed E-state index contributed by atoms with van der Waals surface area (Å²) >= 11 is 0. The molecule has 0 aliphatic heterocycles. The zero-order valence-corrected chi connectivity index (χ0v) is 10.9. The Kier molecular flexibility index (Phi) is 4.21. The Labute approximate surface area is 108 Å². The van der Waals surface area contributed by atoms with Gasteiger partial charge in [0.05, 0.1) is 18.8 Å². The van der Waals surface area contributed by atoms with Crippen LogP contribution in [0.15, 0.2) is 0 Å². The lowest BCUT2D eigenvalue weighted by molar-refractivity contribution is 0.184. The first kappa shape index (κ1) is 12.9. The van der Waals surface area contributed by atoms with Crippen molar-refractivity contribution < 1.29 is 4.74 Å². The molecule has 0 spiro atoms. The molecule has 5 nitrogen and oxygen atoms in total. The number of ether oxygens (including phenoxy) is 1. The van der Waals surface area contributed by atoms with Crippen LogP contribution in [-0.4, -0.2) is 23.5 Å². The maximum absolute atomic E-state index is 9.25. The van der Waals surface area contributed by atoms with Crippen LogP contribution in [0.3, 0.4) is 0 Å². The van der Waals surface area contributed by atoms with Crippen LogP contribution in [0.25, 0.3) is 0 Å². The molecule has 0 atom stereocenters. The van der Waals surface area contributed by atoms with Crippen molar-refractivity contribution in [3.63, 3.8) is 0 Å². The molecule has 2 N–H and O–H groups in total. The van der Waals surface area contributed by atoms with Crippen LogP contribution in [0.4, 0.5) is 5.82 Å². The number of aromatic nitrogens is 2. The Hall–Kier alpha value is -1.54. The molecule has 1 aromatic rings. The lowest BCUT2D eigenvalue weighted by Crippen LogP contribution is -2.10. The van der Waals surface area contributed by atoms with Gasteiger partial charge in [-0.15, -0.1) is 0 Å². The quantitative estimate of drug-likeness (QED) is 0.884. The molecule has 0 amide bonds. The Bertz CT molecular complexity index is 441. The monoisotopic (exact) mass is 248 g/mol. The van der Waals surface area contributed by atoms with E-state index in [2.05, 4.69) is 11.2 Å². The van der Waals surface area contributed by atoms with Crippen molar-refractivity contribution in [1.29, 1.82) is 5.26 Å². The van der Waals surface area contributed by atoms with Gasteiger partial charge in [-0.25, -0.2) is 4.68 Å². The third kappa shape index (κ3) is 2.49. The van der Waals surface area contributed by atoms with E-state index in [0.29, 0.717) is 30.5 Å². The summed E-state index contributed by atoms with van der Waals surface area (Å²) in [6.07, 6.45) is 5.98. The Balaban J connectivity index is 2.25. The van der Waals surface area contributed by atoms with Gasteiger partial charge < -0.3 is 10.5 Å². The number of methoxy groups -OCH3 is 1. The van der Waals surface area contributed by atoms with Gasteiger partial charge in [0, 0.05) is 13.0 Å². The fourth-order valence-corrected chi connectivity index (χ4v) is 2.62. The molecule has 0 radical (unpaired) electrons. The second kappa shape index (κ2) is 5.87. The minimum Gasteiger partial charge on any atom is -0.383 e. The molecule has 0 saturated heterocycles. The molecule has 0 aromatic carbocycles. The van der Waals surface area contributed by atoms with Gasteiger partial charge in [-0.1, -0.05) is 19.3 Å². The van der Waals surface area contributed by atoms with Crippen LogP contribution in [-0.2, 0) is 11.3 Å². The van der Waals surface area contributed by atoms with Gasteiger partial charge in [-0.3, -0.25) is 0 Å². The highest BCUT2D eigenvalue weighted by Gasteiger charge is 2.24. The highest BCUT2D eigenvalue weighted by molar-refractivity contribution is 5.53. The van der Waals surface area contributed by atoms with Crippen LogP contribution in [0.1, 0.15) is 49.3 Å². The van der Waals surface area contributed by atoms with E-state index in [4.69, 9.17) is 10.5 Å². The lowest BCUT2D eigenvalue weighted by Gasteiger charge is -2.19. The average Bonchev–Trinajstić information content (AvgIpc) is 2.74. The standard InChI is InChI=1S/C13H20N4O/c1-18-8-7-17-13(15)11(9-14)12(16-17)10-5-3-2-4-6-10/h10H,2-8,15H2,1H3. The number of rotatable bonds is 4. The first-order valence-corrected chi connectivity index (χ1v) is 6.53. The maximum Gasteiger partial charge on any atom is 0.140 e. The van der Waals surface area contributed by atoms with Crippen molar-refractivity contribution in [3.05, 3.63) is 11.3 Å². The topological polar surface area (TPSA) is 76.9 Å². The number of hydrogen-bond acceptors (Lipinski definition) is 4. The van der Waals surface area contributed by atoms with Gasteiger partial charge in [-0.2, -0.15) is 10.4 Å². The zero-order valence-electron chi connectivity index (χ0n) is 10.9. The summed E-state index contributed by atoms with van der Waals surface area (Å²) in [6, 6.07) is 2.21. The molecule has 1 aliphatic carbocycles. The van der Waals surface area contributed by atoms with E-state index in [9.17, 15) is 5.26 Å². The van der Waals surface area contributed by atoms with Crippen molar-refractivity contribution in [2.45, 2.75) is 44.6 Å². The summed E-state index contributed by atoms with van der Waals surface area (Å²) in [5, 5.41) is 13.8. The predicted molar refractivity (Wildman–Crippen MR) is 69.1 cm³/mol. The highest BCUT2D eigenvalue weighted by atomic mass is 16.5. The van der Waals surface area contributed by atoms with E-state index < -0.39 is 0 Å². The molecule has 0 unspecified atom stereocenters. The number of hydrogen-bond donors (Lipinski definition) is 1. The molecule has 1 aromatic heterocycles. The second-order valence-corrected chi connectivity index (χ2v) is 4.81. The van der Waals surface area contributed by atoms with Gasteiger partial charge in [-0.05, 0) is 12.8 Å². The largest absolute Gasteiger partial charge is 0.383 e. The van der Waals surface area contributed by atoms with Crippen LogP contribution in [0, 0.1) is 11.3 Å². The van der Waals surface area contributed by atoms with Gasteiger partial charge >= 0.3 is 0 Å². The van der Waals surface area contributed by atoms with E-state index in [1.807, 2.05) is 0 Å². The normalized spacial score (nSPS) is 16.7. The van der Waals surface area contributed by atoms with E-state index in [0.717, 1.165) is 18.5 Å². The van der Waals surface area contributed by atoms with Crippen molar-refractivity contribution >= 4 is 5.82 Å². The Morgan fingerprint density at radius 3 is 2.78 bits per heavy atom. The number of nitrogens with two attached hydrogens (primary N) is 1. The molecule has 1 heterocycles. The first-order chi connectivity index (χ1) is 8.77. The summed E-state index contributed by atoms with van der Waals surface area (Å²) in [6.45, 7) is 1.16. The Morgan fingerprint density at radius 2 is 2.17 bits per heavy atom. The number of anilines is 1. The van der Waals surface area contributed by atoms with Gasteiger partial charge in [0.1, 0.15) is 17.5 Å². The Morgan fingerprint density at radius 1 is 1.44 bits per heavy atom. The van der Waals surface area contributed by atoms with Crippen molar-refractivity contribution in [2.75, 3.05) is 19.5 Å². The SMILES string of the molecule is COCCn1nc(C2CCCCC2)c(C#N)c1N. The minimum atomic E-state index is 0.402. The molecular weight excluding hydrogens is 228 g/mol. The van der Waals surface area contributed by atoms with Crippen molar-refractivity contribution in [2.24, 2.45) is 0 Å². The zero-order chi connectivity index (χ0) is 13.0. The smallest absolute Gasteiger partial charge is 0.140 e. The van der Waals surface area contributed by atoms with Crippen LogP contribution < -0.4 is 5.73 Å². The lowest BCUT2D eigenvalue weighted by atomic mass is 9.85. The molecule has 18 heavy (non-hydrogen) atoms. The molecule has 2 rings (SSSR count). The van der Waals surface area contributed by atoms with Crippen molar-refractivity contribution in [1.82, 2.24) is 9.78 Å². The van der Waals surface area contributed by atoms with E-state index in [1.54, 1.807) is 11.8 Å². The maximum atomic E-state index is 9.25. The molecule has 1 saturated carbocycles. The van der Waals surface area contributed by atoms with Crippen LogP contribution in [0.2, 0.25) is 0 Å². The third-order valence-electron chi connectivity index (χ3n) is 3.63. The van der Waals surface area contributed by atoms with Gasteiger partial charge in [0.15, 0.2) is 0 Å². The van der Waals surface area contributed by atoms with E-state index in [1.165, 1.54) is 19.3 Å². The van der Waals surface area contributed by atoms with E-state index in [-0.39, 0.29) is 0 Å². The van der Waals surface area contributed by atoms with E-state index >= 15 is 0 Å². The van der Waals surface area contributed by atoms with Gasteiger partial charge in [0.25, 0.3) is 0 Å². The first-order valence-electron chi connectivity index (χ1n) is 6.53. The number of nitriles is 1. The second-order valence-electron chi connectivity index (χ2n) is 4.81. The summed E-state index contributed by atoms with van der Waals surface area (Å²) in [4.78, 5) is 0. The summed E-state index contributed by atoms with van der Waals surface area (Å²) in [5.74, 6) is 0.884. The van der Waals surface area contributed by atoms with Gasteiger partial charge in [0.2, 0.25) is 0 Å². The average molecular weight is 248 g/mol. The molecule has 0 bridgehead atoms. The van der Waals surface area contributed by atoms with Crippen molar-refractivity contribution in [3.8, 4) is 6.07 Å². The van der Waals surface area contributed by atoms with Crippen LogP contribution in [0.5, 0.6) is 0 Å². The fraction of sp³-hybridized carbons (Fsp3) is 0.692. The number of nitrogens with zero attached hydrogens (tertiary/aromatic N) is 3. The molecule has 1 aliphatic rings. The highest BCUT2D eigenvalue weighted by Crippen LogP contribution is 2.35. The molecule has 98 valence electrons. The fourth-order valence-electron chi connectivity index (χ4n) is 2.62.